The van der Waals surface area contributed by atoms with Crippen molar-refractivity contribution in [2.24, 2.45) is 11.8 Å². The van der Waals surface area contributed by atoms with E-state index in [0.717, 1.165) is 31.2 Å². The lowest BCUT2D eigenvalue weighted by molar-refractivity contribution is -0.150. The molecule has 1 aromatic rings. The largest absolute Gasteiger partial charge is 0.463 e. The molecule has 2 amide bonds. The molecule has 36 heavy (non-hydrogen) atoms. The summed E-state index contributed by atoms with van der Waals surface area (Å²) in [5, 5.41) is 15.6. The van der Waals surface area contributed by atoms with Crippen LogP contribution in [0.3, 0.4) is 0 Å². The van der Waals surface area contributed by atoms with E-state index in [1.165, 1.54) is 0 Å². The van der Waals surface area contributed by atoms with E-state index in [9.17, 15) is 19.5 Å². The Kier molecular flexibility index (Phi) is 12.4. The average molecular weight is 499 g/mol. The first kappa shape index (κ1) is 29.3. The Hall–Kier alpha value is -2.93. The van der Waals surface area contributed by atoms with Crippen LogP contribution >= 0.6 is 0 Å². The monoisotopic (exact) mass is 498 g/mol. The normalized spacial score (nSPS) is 16.8. The predicted octanol–water partition coefficient (Wildman–Crippen LogP) is 3.86. The van der Waals surface area contributed by atoms with Crippen molar-refractivity contribution >= 4 is 17.8 Å². The molecule has 0 aromatic heterocycles. The second-order valence-electron chi connectivity index (χ2n) is 9.91. The molecule has 1 aliphatic carbocycles. The summed E-state index contributed by atoms with van der Waals surface area (Å²) in [7, 11) is 0. The van der Waals surface area contributed by atoms with Crippen LogP contribution < -0.4 is 10.6 Å². The van der Waals surface area contributed by atoms with Crippen molar-refractivity contribution in [2.45, 2.75) is 76.3 Å². The molecule has 0 saturated heterocycles. The molecular formula is C29H42N2O5. The molecule has 0 bridgehead atoms. The van der Waals surface area contributed by atoms with E-state index >= 15 is 0 Å². The zero-order valence-electron chi connectivity index (χ0n) is 21.5. The number of hydrogen-bond donors (Lipinski definition) is 3. The Morgan fingerprint density at radius 3 is 2.42 bits per heavy atom. The molecule has 0 unspecified atom stereocenters. The lowest BCUT2D eigenvalue weighted by Crippen LogP contribution is -2.50. The molecule has 1 saturated carbocycles. The third kappa shape index (κ3) is 9.61. The van der Waals surface area contributed by atoms with Crippen molar-refractivity contribution in [3.63, 3.8) is 0 Å². The van der Waals surface area contributed by atoms with Gasteiger partial charge in [-0.3, -0.25) is 14.4 Å². The minimum atomic E-state index is -0.587. The lowest BCUT2D eigenvalue weighted by Gasteiger charge is -2.29. The predicted molar refractivity (Wildman–Crippen MR) is 141 cm³/mol. The molecule has 0 radical (unpaired) electrons. The fraction of sp³-hybridized carbons (Fsp3) is 0.552. The molecule has 3 atom stereocenters. The van der Waals surface area contributed by atoms with Crippen molar-refractivity contribution in [1.82, 2.24) is 10.6 Å². The molecule has 1 aliphatic rings. The van der Waals surface area contributed by atoms with Gasteiger partial charge in [0.2, 0.25) is 11.8 Å². The van der Waals surface area contributed by atoms with Gasteiger partial charge in [0.15, 0.2) is 0 Å². The van der Waals surface area contributed by atoms with Gasteiger partial charge in [-0.25, -0.2) is 0 Å². The summed E-state index contributed by atoms with van der Waals surface area (Å²) in [6, 6.07) is 9.39. The van der Waals surface area contributed by atoms with Gasteiger partial charge < -0.3 is 20.5 Å². The van der Waals surface area contributed by atoms with Crippen LogP contribution in [-0.2, 0) is 25.5 Å². The summed E-state index contributed by atoms with van der Waals surface area (Å²) < 4.78 is 5.56. The number of aliphatic hydroxyl groups is 1. The summed E-state index contributed by atoms with van der Waals surface area (Å²) in [6.07, 6.45) is 9.12. The molecule has 2 rings (SSSR count). The van der Waals surface area contributed by atoms with Gasteiger partial charge in [0.1, 0.15) is 6.61 Å². The summed E-state index contributed by atoms with van der Waals surface area (Å²) in [6.45, 7) is 9.18. The van der Waals surface area contributed by atoms with Crippen LogP contribution in [0.1, 0.15) is 63.9 Å². The van der Waals surface area contributed by atoms with Crippen LogP contribution in [0.2, 0.25) is 0 Å². The van der Waals surface area contributed by atoms with Crippen LogP contribution in [0.25, 0.3) is 0 Å². The minimum absolute atomic E-state index is 0.00676. The number of hydrogen-bond acceptors (Lipinski definition) is 5. The van der Waals surface area contributed by atoms with Gasteiger partial charge in [-0.15, -0.1) is 13.2 Å². The molecule has 1 aromatic carbocycles. The number of allylic oxidation sites excluding steroid dienone is 2. The first-order valence-electron chi connectivity index (χ1n) is 13.0. The Labute approximate surface area is 215 Å². The molecule has 198 valence electrons. The number of carbonyl (C=O) groups excluding carboxylic acids is 3. The smallest absolute Gasteiger partial charge is 0.309 e. The Morgan fingerprint density at radius 2 is 1.81 bits per heavy atom. The minimum Gasteiger partial charge on any atom is -0.463 e. The highest BCUT2D eigenvalue weighted by Gasteiger charge is 2.35. The number of benzene rings is 1. The maximum absolute atomic E-state index is 12.9. The molecule has 0 spiro atoms. The number of ether oxygens (including phenoxy) is 1. The van der Waals surface area contributed by atoms with Crippen LogP contribution in [0.4, 0.5) is 0 Å². The first-order chi connectivity index (χ1) is 17.3. The van der Waals surface area contributed by atoms with Crippen LogP contribution in [0.15, 0.2) is 55.6 Å². The fourth-order valence-electron chi connectivity index (χ4n) is 4.68. The van der Waals surface area contributed by atoms with E-state index in [1.807, 2.05) is 30.3 Å². The van der Waals surface area contributed by atoms with E-state index in [-0.39, 0.29) is 43.3 Å². The number of nitrogens with one attached hydrogen (secondary N) is 2. The second-order valence-corrected chi connectivity index (χ2v) is 9.91. The quantitative estimate of drug-likeness (QED) is 0.237. The highest BCUT2D eigenvalue weighted by molar-refractivity contribution is 5.86. The van der Waals surface area contributed by atoms with E-state index < -0.39 is 17.5 Å². The fourth-order valence-corrected chi connectivity index (χ4v) is 4.68. The SMILES string of the molecule is C=CCC[C@H](Cc1ccccc1)C(=O)OC[C@H](C)NC(=O)[C@H](CC=C)CC(=O)NC1(CO)CCCC1. The third-order valence-corrected chi connectivity index (χ3v) is 6.76. The summed E-state index contributed by atoms with van der Waals surface area (Å²) in [5.41, 5.74) is 0.492. The zero-order chi connectivity index (χ0) is 26.4. The summed E-state index contributed by atoms with van der Waals surface area (Å²) in [4.78, 5) is 38.3. The van der Waals surface area contributed by atoms with Crippen molar-refractivity contribution in [3.8, 4) is 0 Å². The van der Waals surface area contributed by atoms with Crippen LogP contribution in [0, 0.1) is 11.8 Å². The van der Waals surface area contributed by atoms with Gasteiger partial charge in [-0.2, -0.15) is 0 Å². The van der Waals surface area contributed by atoms with Gasteiger partial charge in [-0.05, 0) is 51.0 Å². The zero-order valence-corrected chi connectivity index (χ0v) is 21.5. The number of amides is 2. The van der Waals surface area contributed by atoms with Gasteiger partial charge in [0.25, 0.3) is 0 Å². The maximum Gasteiger partial charge on any atom is 0.309 e. The Bertz CT molecular complexity index is 864. The molecule has 7 nitrogen and oxygen atoms in total. The summed E-state index contributed by atoms with van der Waals surface area (Å²) >= 11 is 0. The van der Waals surface area contributed by atoms with E-state index in [2.05, 4.69) is 23.8 Å². The van der Waals surface area contributed by atoms with E-state index in [1.54, 1.807) is 19.1 Å². The van der Waals surface area contributed by atoms with Crippen molar-refractivity contribution < 1.29 is 24.2 Å². The van der Waals surface area contributed by atoms with Crippen LogP contribution in [-0.4, -0.2) is 47.7 Å². The average Bonchev–Trinajstić information content (AvgIpc) is 3.34. The lowest BCUT2D eigenvalue weighted by atomic mass is 9.95. The molecule has 7 heteroatoms. The highest BCUT2D eigenvalue weighted by Crippen LogP contribution is 2.29. The molecule has 1 fully saturated rings. The molecular weight excluding hydrogens is 456 g/mol. The van der Waals surface area contributed by atoms with Gasteiger partial charge in [0.05, 0.1) is 30.0 Å². The van der Waals surface area contributed by atoms with Crippen molar-refractivity contribution in [1.29, 1.82) is 0 Å². The number of carbonyl (C=O) groups is 3. The topological polar surface area (TPSA) is 105 Å². The number of aliphatic hydroxyl groups excluding tert-OH is 1. The number of esters is 1. The van der Waals surface area contributed by atoms with Gasteiger partial charge in [0, 0.05) is 6.42 Å². The first-order valence-corrected chi connectivity index (χ1v) is 13.0. The third-order valence-electron chi connectivity index (χ3n) is 6.76. The van der Waals surface area contributed by atoms with Crippen molar-refractivity contribution in [2.75, 3.05) is 13.2 Å². The molecule has 0 heterocycles. The molecule has 3 N–H and O–H groups in total. The van der Waals surface area contributed by atoms with Gasteiger partial charge >= 0.3 is 5.97 Å². The standard InChI is InChI=1S/C29H42N2O5/c1-4-6-15-25(18-23-13-8-7-9-14-23)28(35)36-20-22(3)30-27(34)24(12-5-2)19-26(33)31-29(21-32)16-10-11-17-29/h4-5,7-9,13-14,22,24-25,32H,1-2,6,10-12,15-21H2,3H3,(H,30,34)(H,31,33)/t22-,24+,25+/m0/s1. The van der Waals surface area contributed by atoms with E-state index in [4.69, 9.17) is 4.74 Å². The van der Waals surface area contributed by atoms with E-state index in [0.29, 0.717) is 25.7 Å². The van der Waals surface area contributed by atoms with Crippen molar-refractivity contribution in [3.05, 3.63) is 61.2 Å². The van der Waals surface area contributed by atoms with Gasteiger partial charge in [-0.1, -0.05) is 55.3 Å². The Balaban J connectivity index is 1.87. The summed E-state index contributed by atoms with van der Waals surface area (Å²) in [5.74, 6) is -1.71. The molecule has 0 aliphatic heterocycles. The second kappa shape index (κ2) is 15.2. The van der Waals surface area contributed by atoms with Crippen LogP contribution in [0.5, 0.6) is 0 Å². The Morgan fingerprint density at radius 1 is 1.11 bits per heavy atom. The maximum atomic E-state index is 12.9. The highest BCUT2D eigenvalue weighted by atomic mass is 16.5. The number of rotatable bonds is 16.